The number of benzene rings is 2. The van der Waals surface area contributed by atoms with Crippen LogP contribution in [0.15, 0.2) is 54.7 Å². The Balaban J connectivity index is 1.73. The molecule has 4 rings (SSSR count). The molecule has 0 aliphatic rings. The molecule has 3 nitrogen and oxygen atoms in total. The molecule has 0 fully saturated rings. The number of aromatic nitrogens is 2. The van der Waals surface area contributed by atoms with Crippen molar-refractivity contribution in [3.63, 3.8) is 0 Å². The van der Waals surface area contributed by atoms with Crippen molar-refractivity contribution in [2.24, 2.45) is 5.73 Å². The summed E-state index contributed by atoms with van der Waals surface area (Å²) in [4.78, 5) is 4.71. The summed E-state index contributed by atoms with van der Waals surface area (Å²) < 4.78 is 3.49. The average molecular weight is 293 g/mol. The van der Waals surface area contributed by atoms with Crippen LogP contribution in [0.4, 0.5) is 0 Å². The van der Waals surface area contributed by atoms with Gasteiger partial charge in [-0.3, -0.25) is 0 Å². The molecular weight excluding hydrogens is 278 g/mol. The van der Waals surface area contributed by atoms with Crippen LogP contribution < -0.4 is 5.73 Å². The van der Waals surface area contributed by atoms with Crippen LogP contribution in [0.5, 0.6) is 0 Å². The first-order valence-electron chi connectivity index (χ1n) is 6.96. The van der Waals surface area contributed by atoms with Crippen LogP contribution in [0.25, 0.3) is 21.1 Å². The number of hydrogen-bond acceptors (Lipinski definition) is 3. The van der Waals surface area contributed by atoms with Crippen molar-refractivity contribution in [1.29, 1.82) is 0 Å². The standard InChI is InChI=1S/C17H15N3S/c18-10-12-5-6-15-13(9-12)7-8-20(15)11-17-19-14-3-1-2-4-16(14)21-17/h1-9H,10-11,18H2. The first-order valence-corrected chi connectivity index (χ1v) is 7.77. The molecule has 0 atom stereocenters. The van der Waals surface area contributed by atoms with Gasteiger partial charge >= 0.3 is 0 Å². The summed E-state index contributed by atoms with van der Waals surface area (Å²) in [5.74, 6) is 0. The Hall–Kier alpha value is -2.17. The lowest BCUT2D eigenvalue weighted by Gasteiger charge is -2.03. The van der Waals surface area contributed by atoms with Gasteiger partial charge in [0.1, 0.15) is 5.01 Å². The van der Waals surface area contributed by atoms with Gasteiger partial charge in [-0.1, -0.05) is 18.2 Å². The van der Waals surface area contributed by atoms with Gasteiger partial charge in [-0.05, 0) is 41.3 Å². The lowest BCUT2D eigenvalue weighted by molar-refractivity contribution is 0.830. The molecule has 0 aliphatic heterocycles. The highest BCUT2D eigenvalue weighted by Crippen LogP contribution is 2.24. The maximum atomic E-state index is 5.70. The third-order valence-electron chi connectivity index (χ3n) is 3.71. The van der Waals surface area contributed by atoms with E-state index in [1.807, 2.05) is 6.07 Å². The molecule has 2 N–H and O–H groups in total. The van der Waals surface area contributed by atoms with Gasteiger partial charge in [-0.15, -0.1) is 11.3 Å². The quantitative estimate of drug-likeness (QED) is 0.625. The lowest BCUT2D eigenvalue weighted by atomic mass is 10.1. The molecule has 2 aromatic carbocycles. The summed E-state index contributed by atoms with van der Waals surface area (Å²) in [6.45, 7) is 1.39. The fourth-order valence-corrected chi connectivity index (χ4v) is 3.61. The topological polar surface area (TPSA) is 43.8 Å². The van der Waals surface area contributed by atoms with Gasteiger partial charge in [0.15, 0.2) is 0 Å². The van der Waals surface area contributed by atoms with Gasteiger partial charge in [0.2, 0.25) is 0 Å². The van der Waals surface area contributed by atoms with E-state index in [0.29, 0.717) is 6.54 Å². The number of nitrogens with two attached hydrogens (primary N) is 1. The smallest absolute Gasteiger partial charge is 0.114 e. The molecule has 0 spiro atoms. The Kier molecular flexibility index (Phi) is 2.98. The summed E-state index contributed by atoms with van der Waals surface area (Å²) in [7, 11) is 0. The average Bonchev–Trinajstić information content (AvgIpc) is 3.10. The van der Waals surface area contributed by atoms with E-state index >= 15 is 0 Å². The largest absolute Gasteiger partial charge is 0.341 e. The highest BCUT2D eigenvalue weighted by atomic mass is 32.1. The van der Waals surface area contributed by atoms with E-state index in [9.17, 15) is 0 Å². The van der Waals surface area contributed by atoms with Crippen LogP contribution in [0.2, 0.25) is 0 Å². The second kappa shape index (κ2) is 4.98. The minimum absolute atomic E-state index is 0.582. The molecule has 0 radical (unpaired) electrons. The minimum Gasteiger partial charge on any atom is -0.341 e. The molecule has 0 saturated carbocycles. The van der Waals surface area contributed by atoms with E-state index in [1.165, 1.54) is 21.2 Å². The van der Waals surface area contributed by atoms with Crippen molar-refractivity contribution in [2.75, 3.05) is 0 Å². The number of fused-ring (bicyclic) bond motifs is 2. The summed E-state index contributed by atoms with van der Waals surface area (Å²) in [5.41, 5.74) is 9.18. The lowest BCUT2D eigenvalue weighted by Crippen LogP contribution is -1.98. The third-order valence-corrected chi connectivity index (χ3v) is 4.74. The van der Waals surface area contributed by atoms with Crippen LogP contribution in [0.1, 0.15) is 10.6 Å². The molecule has 0 aliphatic carbocycles. The van der Waals surface area contributed by atoms with Crippen LogP contribution >= 0.6 is 11.3 Å². The van der Waals surface area contributed by atoms with Crippen LogP contribution in [-0.4, -0.2) is 9.55 Å². The van der Waals surface area contributed by atoms with Crippen molar-refractivity contribution in [3.05, 3.63) is 65.3 Å². The van der Waals surface area contributed by atoms with Gasteiger partial charge in [0.05, 0.1) is 16.8 Å². The molecule has 4 aromatic rings. The van der Waals surface area contributed by atoms with E-state index in [1.54, 1.807) is 11.3 Å². The number of hydrogen-bond donors (Lipinski definition) is 1. The predicted octanol–water partition coefficient (Wildman–Crippen LogP) is 3.76. The summed E-state index contributed by atoms with van der Waals surface area (Å²) in [5, 5.41) is 2.37. The monoisotopic (exact) mass is 293 g/mol. The Labute approximate surface area is 126 Å². The first kappa shape index (κ1) is 12.6. The van der Waals surface area contributed by atoms with E-state index in [2.05, 4.69) is 53.2 Å². The molecule has 4 heteroatoms. The number of nitrogens with zero attached hydrogens (tertiary/aromatic N) is 2. The van der Waals surface area contributed by atoms with Crippen molar-refractivity contribution in [3.8, 4) is 0 Å². The van der Waals surface area contributed by atoms with Crippen LogP contribution in [0.3, 0.4) is 0 Å². The number of para-hydroxylation sites is 1. The van der Waals surface area contributed by atoms with E-state index < -0.39 is 0 Å². The van der Waals surface area contributed by atoms with Gasteiger partial charge in [0, 0.05) is 18.3 Å². The Bertz CT molecular complexity index is 887. The van der Waals surface area contributed by atoms with Gasteiger partial charge < -0.3 is 10.3 Å². The highest BCUT2D eigenvalue weighted by Gasteiger charge is 2.06. The number of rotatable bonds is 3. The normalized spacial score (nSPS) is 11.5. The molecule has 0 bridgehead atoms. The Morgan fingerprint density at radius 3 is 2.86 bits per heavy atom. The van der Waals surface area contributed by atoms with Crippen molar-refractivity contribution >= 4 is 32.5 Å². The summed E-state index contributed by atoms with van der Waals surface area (Å²) >= 11 is 1.76. The summed E-state index contributed by atoms with van der Waals surface area (Å²) in [6, 6.07) is 16.8. The molecule has 0 amide bonds. The van der Waals surface area contributed by atoms with Crippen LogP contribution in [0, 0.1) is 0 Å². The third kappa shape index (κ3) is 2.22. The maximum absolute atomic E-state index is 5.70. The fourth-order valence-electron chi connectivity index (χ4n) is 2.65. The van der Waals surface area contributed by atoms with Crippen molar-refractivity contribution in [2.45, 2.75) is 13.1 Å². The molecule has 2 heterocycles. The SMILES string of the molecule is NCc1ccc2c(ccn2Cc2nc3ccccc3s2)c1. The molecule has 0 saturated heterocycles. The van der Waals surface area contributed by atoms with E-state index in [0.717, 1.165) is 17.1 Å². The van der Waals surface area contributed by atoms with E-state index in [-0.39, 0.29) is 0 Å². The molecule has 0 unspecified atom stereocenters. The fraction of sp³-hybridized carbons (Fsp3) is 0.118. The number of thiazole rings is 1. The Morgan fingerprint density at radius 1 is 1.10 bits per heavy atom. The molecule has 2 aromatic heterocycles. The zero-order valence-corrected chi connectivity index (χ0v) is 12.3. The maximum Gasteiger partial charge on any atom is 0.114 e. The van der Waals surface area contributed by atoms with Crippen molar-refractivity contribution in [1.82, 2.24) is 9.55 Å². The second-order valence-electron chi connectivity index (χ2n) is 5.12. The molecule has 104 valence electrons. The van der Waals surface area contributed by atoms with Gasteiger partial charge in [-0.25, -0.2) is 4.98 Å². The minimum atomic E-state index is 0.582. The summed E-state index contributed by atoms with van der Waals surface area (Å²) in [6.07, 6.45) is 2.12. The molecule has 21 heavy (non-hydrogen) atoms. The van der Waals surface area contributed by atoms with Gasteiger partial charge in [0.25, 0.3) is 0 Å². The predicted molar refractivity (Wildman–Crippen MR) is 88.6 cm³/mol. The zero-order chi connectivity index (χ0) is 14.2. The van der Waals surface area contributed by atoms with Crippen LogP contribution in [-0.2, 0) is 13.1 Å². The van der Waals surface area contributed by atoms with Crippen molar-refractivity contribution < 1.29 is 0 Å². The van der Waals surface area contributed by atoms with E-state index in [4.69, 9.17) is 10.7 Å². The highest BCUT2D eigenvalue weighted by molar-refractivity contribution is 7.18. The first-order chi connectivity index (χ1) is 10.3. The molecular formula is C17H15N3S. The second-order valence-corrected chi connectivity index (χ2v) is 6.23. The zero-order valence-electron chi connectivity index (χ0n) is 11.5. The Morgan fingerprint density at radius 2 is 2.00 bits per heavy atom. The van der Waals surface area contributed by atoms with Gasteiger partial charge in [-0.2, -0.15) is 0 Å².